The Kier molecular flexibility index (Phi) is 2.41. The van der Waals surface area contributed by atoms with Gasteiger partial charge in [-0.1, -0.05) is 23.2 Å². The van der Waals surface area contributed by atoms with E-state index in [1.54, 1.807) is 4.90 Å². The van der Waals surface area contributed by atoms with Gasteiger partial charge in [-0.2, -0.15) is 0 Å². The Balaban J connectivity index is 2.22. The van der Waals surface area contributed by atoms with Gasteiger partial charge in [-0.3, -0.25) is 10.1 Å². The fourth-order valence-corrected chi connectivity index (χ4v) is 2.22. The third-order valence-corrected chi connectivity index (χ3v) is 2.88. The number of hydrogen-bond acceptors (Lipinski definition) is 3. The Morgan fingerprint density at radius 3 is 2.64 bits per heavy atom. The molecule has 1 unspecified atom stereocenters. The molecule has 0 aromatic carbocycles. The number of nitro groups is 1. The molecule has 6 heteroatoms. The molecule has 0 saturated heterocycles. The van der Waals surface area contributed by atoms with E-state index in [1.165, 1.54) is 12.2 Å². The minimum atomic E-state index is -0.500. The average Bonchev–Trinajstić information content (AvgIpc) is 2.86. The molecule has 0 aromatic heterocycles. The maximum Gasteiger partial charge on any atom is 0.271 e. The second-order valence-corrected chi connectivity index (χ2v) is 4.16. The predicted molar refractivity (Wildman–Crippen MR) is 53.5 cm³/mol. The molecule has 0 N–H and O–H groups in total. The summed E-state index contributed by atoms with van der Waals surface area (Å²) in [6, 6.07) is 0.353. The first-order valence-corrected chi connectivity index (χ1v) is 5.07. The first-order valence-electron chi connectivity index (χ1n) is 4.25. The first kappa shape index (κ1) is 9.80. The van der Waals surface area contributed by atoms with Crippen molar-refractivity contribution in [3.8, 4) is 0 Å². The highest BCUT2D eigenvalue weighted by molar-refractivity contribution is 6.30. The standard InChI is InChI=1S/C8H8Cl2N2O2/c9-7-3-6(12(13)14)4-8(10)11(7)5-1-2-5/h3-5,7H,1-2H2. The van der Waals surface area contributed by atoms with Gasteiger partial charge < -0.3 is 4.90 Å². The molecule has 1 atom stereocenters. The quantitative estimate of drug-likeness (QED) is 0.319. The highest BCUT2D eigenvalue weighted by atomic mass is 35.5. The highest BCUT2D eigenvalue weighted by Crippen LogP contribution is 2.37. The summed E-state index contributed by atoms with van der Waals surface area (Å²) in [4.78, 5) is 11.8. The van der Waals surface area contributed by atoms with Gasteiger partial charge in [0.2, 0.25) is 0 Å². The topological polar surface area (TPSA) is 46.4 Å². The lowest BCUT2D eigenvalue weighted by molar-refractivity contribution is -0.419. The van der Waals surface area contributed by atoms with Crippen molar-refractivity contribution >= 4 is 23.2 Å². The van der Waals surface area contributed by atoms with Crippen LogP contribution in [0, 0.1) is 10.1 Å². The number of rotatable bonds is 2. The molecular weight excluding hydrogens is 227 g/mol. The van der Waals surface area contributed by atoms with Crippen LogP contribution in [0.15, 0.2) is 23.0 Å². The lowest BCUT2D eigenvalue weighted by atomic mass is 10.3. The van der Waals surface area contributed by atoms with Gasteiger partial charge in [0.25, 0.3) is 5.70 Å². The molecule has 1 fully saturated rings. The highest BCUT2D eigenvalue weighted by Gasteiger charge is 2.36. The van der Waals surface area contributed by atoms with E-state index in [0.29, 0.717) is 11.2 Å². The molecule has 4 nitrogen and oxygen atoms in total. The Bertz CT molecular complexity index is 336. The van der Waals surface area contributed by atoms with Crippen molar-refractivity contribution in [3.63, 3.8) is 0 Å². The zero-order chi connectivity index (χ0) is 10.3. The van der Waals surface area contributed by atoms with E-state index in [4.69, 9.17) is 23.2 Å². The van der Waals surface area contributed by atoms with Crippen LogP contribution in [0.5, 0.6) is 0 Å². The number of halogens is 2. The van der Waals surface area contributed by atoms with Gasteiger partial charge in [-0.25, -0.2) is 0 Å². The van der Waals surface area contributed by atoms with Crippen LogP contribution in [-0.2, 0) is 0 Å². The fraction of sp³-hybridized carbons (Fsp3) is 0.500. The van der Waals surface area contributed by atoms with E-state index >= 15 is 0 Å². The second kappa shape index (κ2) is 3.44. The molecule has 2 aliphatic rings. The van der Waals surface area contributed by atoms with E-state index in [9.17, 15) is 10.1 Å². The zero-order valence-electron chi connectivity index (χ0n) is 7.19. The minimum Gasteiger partial charge on any atom is -0.339 e. The van der Waals surface area contributed by atoms with Crippen LogP contribution in [0.2, 0.25) is 0 Å². The SMILES string of the molecule is O=[N+]([O-])C1=CC(Cl)N(C2CC2)C(Cl)=C1. The summed E-state index contributed by atoms with van der Waals surface area (Å²) in [5, 5.41) is 10.9. The summed E-state index contributed by atoms with van der Waals surface area (Å²) in [6.07, 6.45) is 4.86. The second-order valence-electron chi connectivity index (χ2n) is 3.33. The van der Waals surface area contributed by atoms with E-state index < -0.39 is 10.4 Å². The zero-order valence-corrected chi connectivity index (χ0v) is 8.70. The number of allylic oxidation sites excluding steroid dienone is 1. The Morgan fingerprint density at radius 2 is 2.21 bits per heavy atom. The van der Waals surface area contributed by atoms with Crippen LogP contribution in [0.1, 0.15) is 12.8 Å². The largest absolute Gasteiger partial charge is 0.339 e. The lowest BCUT2D eigenvalue weighted by Crippen LogP contribution is -2.32. The molecule has 14 heavy (non-hydrogen) atoms. The molecule has 1 aliphatic carbocycles. The van der Waals surface area contributed by atoms with Crippen molar-refractivity contribution in [2.24, 2.45) is 0 Å². The van der Waals surface area contributed by atoms with Crippen molar-refractivity contribution < 1.29 is 4.92 Å². The Labute approximate surface area is 90.9 Å². The van der Waals surface area contributed by atoms with Crippen molar-refractivity contribution in [2.45, 2.75) is 24.4 Å². The summed E-state index contributed by atoms with van der Waals surface area (Å²) in [5.74, 6) is 0. The van der Waals surface area contributed by atoms with E-state index in [0.717, 1.165) is 12.8 Å². The third-order valence-electron chi connectivity index (χ3n) is 2.24. The van der Waals surface area contributed by atoms with E-state index in [-0.39, 0.29) is 5.70 Å². The van der Waals surface area contributed by atoms with Gasteiger partial charge in [-0.15, -0.1) is 0 Å². The van der Waals surface area contributed by atoms with Crippen molar-refractivity contribution in [2.75, 3.05) is 0 Å². The van der Waals surface area contributed by atoms with Gasteiger partial charge >= 0.3 is 0 Å². The third kappa shape index (κ3) is 1.72. The molecular formula is C8H8Cl2N2O2. The minimum absolute atomic E-state index is 0.0353. The van der Waals surface area contributed by atoms with Gasteiger partial charge in [0, 0.05) is 12.1 Å². The average molecular weight is 235 g/mol. The number of alkyl halides is 1. The van der Waals surface area contributed by atoms with Crippen LogP contribution in [0.25, 0.3) is 0 Å². The van der Waals surface area contributed by atoms with Crippen molar-refractivity contribution in [1.29, 1.82) is 0 Å². The van der Waals surface area contributed by atoms with Crippen LogP contribution < -0.4 is 0 Å². The predicted octanol–water partition coefficient (Wildman–Crippen LogP) is 2.27. The molecule has 0 bridgehead atoms. The fourth-order valence-electron chi connectivity index (χ4n) is 1.43. The summed E-state index contributed by atoms with van der Waals surface area (Å²) in [6.45, 7) is 0. The van der Waals surface area contributed by atoms with Crippen LogP contribution >= 0.6 is 23.2 Å². The number of hydrogen-bond donors (Lipinski definition) is 0. The lowest BCUT2D eigenvalue weighted by Gasteiger charge is -2.28. The maximum atomic E-state index is 10.5. The smallest absolute Gasteiger partial charge is 0.271 e. The molecule has 1 heterocycles. The molecule has 1 saturated carbocycles. The molecule has 0 aromatic rings. The maximum absolute atomic E-state index is 10.5. The summed E-state index contributed by atoms with van der Waals surface area (Å²) in [5.41, 5.74) is -0.535. The van der Waals surface area contributed by atoms with Crippen LogP contribution in [-0.4, -0.2) is 21.4 Å². The van der Waals surface area contributed by atoms with Crippen molar-refractivity contribution in [1.82, 2.24) is 4.90 Å². The van der Waals surface area contributed by atoms with Crippen molar-refractivity contribution in [3.05, 3.63) is 33.1 Å². The number of nitrogens with zero attached hydrogens (tertiary/aromatic N) is 2. The van der Waals surface area contributed by atoms with Crippen LogP contribution in [0.4, 0.5) is 0 Å². The Morgan fingerprint density at radius 1 is 1.57 bits per heavy atom. The van der Waals surface area contributed by atoms with Gasteiger partial charge in [0.15, 0.2) is 0 Å². The van der Waals surface area contributed by atoms with E-state index in [1.807, 2.05) is 0 Å². The molecule has 0 amide bonds. The molecule has 76 valence electrons. The summed E-state index contributed by atoms with van der Waals surface area (Å²) in [7, 11) is 0. The first-order chi connectivity index (χ1) is 6.59. The molecule has 1 aliphatic heterocycles. The molecule has 2 rings (SSSR count). The normalized spacial score (nSPS) is 27.0. The molecule has 0 radical (unpaired) electrons. The van der Waals surface area contributed by atoms with E-state index in [2.05, 4.69) is 0 Å². The van der Waals surface area contributed by atoms with Gasteiger partial charge in [0.05, 0.1) is 11.0 Å². The van der Waals surface area contributed by atoms with Crippen LogP contribution in [0.3, 0.4) is 0 Å². The Hall–Kier alpha value is -0.740. The monoisotopic (exact) mass is 234 g/mol. The molecule has 0 spiro atoms. The van der Waals surface area contributed by atoms with Gasteiger partial charge in [-0.05, 0) is 12.8 Å². The summed E-state index contributed by atoms with van der Waals surface area (Å²) < 4.78 is 0. The van der Waals surface area contributed by atoms with Gasteiger partial charge in [0.1, 0.15) is 10.7 Å². The summed E-state index contributed by atoms with van der Waals surface area (Å²) >= 11 is 11.9.